The minimum atomic E-state index is -4.41. The molecule has 0 saturated heterocycles. The molecule has 0 aliphatic heterocycles. The number of thiazole rings is 1. The molecule has 0 bridgehead atoms. The molecule has 26 heavy (non-hydrogen) atoms. The molecule has 0 amide bonds. The summed E-state index contributed by atoms with van der Waals surface area (Å²) < 4.78 is 37.7. The van der Waals surface area contributed by atoms with Crippen LogP contribution in [0.15, 0.2) is 27.9 Å². The van der Waals surface area contributed by atoms with Gasteiger partial charge >= 0.3 is 6.18 Å². The fourth-order valence-corrected chi connectivity index (χ4v) is 3.67. The van der Waals surface area contributed by atoms with Crippen LogP contribution in [0.25, 0.3) is 0 Å². The number of nitrogens with one attached hydrogen (secondary N) is 2. The number of guanidine groups is 1. The van der Waals surface area contributed by atoms with Gasteiger partial charge in [0.1, 0.15) is 5.60 Å². The molecule has 5 nitrogen and oxygen atoms in total. The Balaban J connectivity index is 1.90. The van der Waals surface area contributed by atoms with E-state index in [0.29, 0.717) is 30.5 Å². The summed E-state index contributed by atoms with van der Waals surface area (Å²) in [5, 5.41) is 19.9. The zero-order chi connectivity index (χ0) is 19.2. The van der Waals surface area contributed by atoms with Gasteiger partial charge in [0.25, 0.3) is 0 Å². The van der Waals surface area contributed by atoms with Gasteiger partial charge in [-0.25, -0.2) is 9.98 Å². The van der Waals surface area contributed by atoms with Crippen LogP contribution in [0.4, 0.5) is 13.2 Å². The number of halogens is 3. The lowest BCUT2D eigenvalue weighted by Gasteiger charge is -2.20. The lowest BCUT2D eigenvalue weighted by atomic mass is 10.1. The van der Waals surface area contributed by atoms with Gasteiger partial charge in [-0.05, 0) is 25.3 Å². The second kappa shape index (κ2) is 8.83. The number of aliphatic hydroxyl groups is 1. The molecule has 0 saturated carbocycles. The molecule has 2 aromatic rings. The van der Waals surface area contributed by atoms with Gasteiger partial charge in [0, 0.05) is 29.8 Å². The van der Waals surface area contributed by atoms with E-state index in [-0.39, 0.29) is 6.54 Å². The van der Waals surface area contributed by atoms with Crippen molar-refractivity contribution in [3.05, 3.63) is 38.5 Å². The molecule has 144 valence electrons. The van der Waals surface area contributed by atoms with Crippen LogP contribution in [0.2, 0.25) is 0 Å². The smallest absolute Gasteiger partial charge is 0.383 e. The van der Waals surface area contributed by atoms with Crippen molar-refractivity contribution in [2.24, 2.45) is 4.99 Å². The fraction of sp³-hybridized carbons (Fsp3) is 0.500. The summed E-state index contributed by atoms with van der Waals surface area (Å²) in [7, 11) is 0. The molecule has 0 fully saturated rings. The van der Waals surface area contributed by atoms with E-state index >= 15 is 0 Å². The second-order valence-corrected chi connectivity index (χ2v) is 7.64. The first kappa shape index (κ1) is 20.7. The summed E-state index contributed by atoms with van der Waals surface area (Å²) >= 11 is 2.44. The number of hydrogen-bond donors (Lipinski definition) is 3. The zero-order valence-corrected chi connectivity index (χ0v) is 16.1. The Morgan fingerprint density at radius 3 is 2.65 bits per heavy atom. The van der Waals surface area contributed by atoms with Crippen molar-refractivity contribution in [2.75, 3.05) is 19.6 Å². The second-order valence-electron chi connectivity index (χ2n) is 5.75. The lowest BCUT2D eigenvalue weighted by Crippen LogP contribution is -2.39. The summed E-state index contributed by atoms with van der Waals surface area (Å²) in [5.41, 5.74) is -1.93. The first-order valence-corrected chi connectivity index (χ1v) is 9.78. The molecule has 10 heteroatoms. The van der Waals surface area contributed by atoms with Crippen molar-refractivity contribution in [3.8, 4) is 0 Å². The van der Waals surface area contributed by atoms with Gasteiger partial charge < -0.3 is 15.7 Å². The summed E-state index contributed by atoms with van der Waals surface area (Å²) in [6, 6.07) is 3.71. The number of hydrogen-bond acceptors (Lipinski definition) is 5. The molecule has 0 aliphatic rings. The first-order valence-electron chi connectivity index (χ1n) is 8.02. The van der Waals surface area contributed by atoms with E-state index in [1.165, 1.54) is 11.3 Å². The SMILES string of the molecule is CCNC(=NCC(C)(O)c1cccs1)NCCc1nc(C(F)(F)F)cs1. The predicted octanol–water partition coefficient (Wildman–Crippen LogP) is 3.23. The van der Waals surface area contributed by atoms with E-state index in [4.69, 9.17) is 0 Å². The third-order valence-electron chi connectivity index (χ3n) is 3.41. The monoisotopic (exact) mass is 406 g/mol. The molecule has 0 aromatic carbocycles. The molecule has 1 atom stereocenters. The number of nitrogens with zero attached hydrogens (tertiary/aromatic N) is 2. The van der Waals surface area contributed by atoms with Gasteiger partial charge in [0.2, 0.25) is 0 Å². The van der Waals surface area contributed by atoms with Crippen LogP contribution in [-0.2, 0) is 18.2 Å². The molecule has 2 aromatic heterocycles. The summed E-state index contributed by atoms with van der Waals surface area (Å²) in [4.78, 5) is 8.79. The van der Waals surface area contributed by atoms with Crippen molar-refractivity contribution < 1.29 is 18.3 Å². The highest BCUT2D eigenvalue weighted by Crippen LogP contribution is 2.30. The Hall–Kier alpha value is -1.65. The van der Waals surface area contributed by atoms with E-state index in [0.717, 1.165) is 21.6 Å². The lowest BCUT2D eigenvalue weighted by molar-refractivity contribution is -0.140. The Morgan fingerprint density at radius 2 is 2.08 bits per heavy atom. The average Bonchev–Trinajstić information content (AvgIpc) is 3.24. The van der Waals surface area contributed by atoms with E-state index in [1.54, 1.807) is 6.92 Å². The molecule has 1 unspecified atom stereocenters. The molecule has 2 rings (SSSR count). The summed E-state index contributed by atoms with van der Waals surface area (Å²) in [5.74, 6) is 0.497. The number of aliphatic imine (C=N–C) groups is 1. The van der Waals surface area contributed by atoms with Gasteiger partial charge in [-0.15, -0.1) is 22.7 Å². The zero-order valence-electron chi connectivity index (χ0n) is 14.4. The Morgan fingerprint density at radius 1 is 1.31 bits per heavy atom. The molecular formula is C16H21F3N4OS2. The quantitative estimate of drug-likeness (QED) is 0.488. The number of rotatable bonds is 7. The van der Waals surface area contributed by atoms with Crippen molar-refractivity contribution in [2.45, 2.75) is 32.0 Å². The summed E-state index contributed by atoms with van der Waals surface area (Å²) in [6.07, 6.45) is -4.06. The Labute approximate surface area is 158 Å². The van der Waals surface area contributed by atoms with Crippen LogP contribution >= 0.6 is 22.7 Å². The van der Waals surface area contributed by atoms with E-state index in [1.807, 2.05) is 24.4 Å². The van der Waals surface area contributed by atoms with E-state index < -0.39 is 17.5 Å². The first-order chi connectivity index (χ1) is 12.2. The number of alkyl halides is 3. The molecular weight excluding hydrogens is 385 g/mol. The van der Waals surface area contributed by atoms with Crippen molar-refractivity contribution in [1.82, 2.24) is 15.6 Å². The maximum absolute atomic E-state index is 12.6. The third-order valence-corrected chi connectivity index (χ3v) is 5.45. The molecule has 2 heterocycles. The topological polar surface area (TPSA) is 69.5 Å². The van der Waals surface area contributed by atoms with Crippen LogP contribution in [0.3, 0.4) is 0 Å². The summed E-state index contributed by atoms with van der Waals surface area (Å²) in [6.45, 7) is 4.78. The molecule has 0 aliphatic carbocycles. The minimum absolute atomic E-state index is 0.165. The van der Waals surface area contributed by atoms with Crippen molar-refractivity contribution in [3.63, 3.8) is 0 Å². The normalized spacial score (nSPS) is 14.9. The Bertz CT molecular complexity index is 711. The predicted molar refractivity (Wildman–Crippen MR) is 98.7 cm³/mol. The van der Waals surface area contributed by atoms with Gasteiger partial charge in [0.15, 0.2) is 11.7 Å². The van der Waals surface area contributed by atoms with Crippen LogP contribution in [0.1, 0.15) is 29.4 Å². The highest BCUT2D eigenvalue weighted by atomic mass is 32.1. The van der Waals surface area contributed by atoms with Crippen LogP contribution in [0, 0.1) is 0 Å². The highest BCUT2D eigenvalue weighted by molar-refractivity contribution is 7.10. The van der Waals surface area contributed by atoms with E-state index in [2.05, 4.69) is 20.6 Å². The van der Waals surface area contributed by atoms with Crippen LogP contribution in [-0.4, -0.2) is 35.7 Å². The number of thiophene rings is 1. The molecule has 0 radical (unpaired) electrons. The largest absolute Gasteiger partial charge is 0.434 e. The fourth-order valence-electron chi connectivity index (χ4n) is 2.08. The van der Waals surface area contributed by atoms with Crippen molar-refractivity contribution >= 4 is 28.6 Å². The Kier molecular flexibility index (Phi) is 7.01. The van der Waals surface area contributed by atoms with Crippen LogP contribution in [0.5, 0.6) is 0 Å². The average molecular weight is 406 g/mol. The molecule has 0 spiro atoms. The minimum Gasteiger partial charge on any atom is -0.383 e. The van der Waals surface area contributed by atoms with Crippen LogP contribution < -0.4 is 10.6 Å². The van der Waals surface area contributed by atoms with Gasteiger partial charge in [-0.1, -0.05) is 6.07 Å². The maximum Gasteiger partial charge on any atom is 0.434 e. The van der Waals surface area contributed by atoms with Gasteiger partial charge in [-0.2, -0.15) is 13.2 Å². The van der Waals surface area contributed by atoms with E-state index in [9.17, 15) is 18.3 Å². The van der Waals surface area contributed by atoms with Gasteiger partial charge in [-0.3, -0.25) is 0 Å². The standard InChI is InChI=1S/C16H21F3N4OS2/c1-3-20-14(22-10-15(2,24)12-5-4-8-25-12)21-7-6-13-23-11(9-26-13)16(17,18)19/h4-5,8-9,24H,3,6-7,10H2,1-2H3,(H2,20,21,22). The number of aromatic nitrogens is 1. The third kappa shape index (κ3) is 5.96. The maximum atomic E-state index is 12.6. The molecule has 3 N–H and O–H groups in total. The van der Waals surface area contributed by atoms with Gasteiger partial charge in [0.05, 0.1) is 11.6 Å². The highest BCUT2D eigenvalue weighted by Gasteiger charge is 2.33. The van der Waals surface area contributed by atoms with Crippen molar-refractivity contribution in [1.29, 1.82) is 0 Å².